The van der Waals surface area contributed by atoms with Crippen LogP contribution in [0.1, 0.15) is 15.9 Å². The van der Waals surface area contributed by atoms with Crippen molar-refractivity contribution >= 4 is 6.29 Å². The zero-order valence-corrected chi connectivity index (χ0v) is 5.33. The van der Waals surface area contributed by atoms with Crippen molar-refractivity contribution in [1.82, 2.24) is 0 Å². The van der Waals surface area contributed by atoms with Crippen molar-refractivity contribution < 1.29 is 9.53 Å². The third-order valence-corrected chi connectivity index (χ3v) is 1.67. The molecular weight excluding hydrogens is 128 g/mol. The lowest BCUT2D eigenvalue weighted by Crippen LogP contribution is -2.11. The predicted molar refractivity (Wildman–Crippen MR) is 36.2 cm³/mol. The first-order valence-corrected chi connectivity index (χ1v) is 3.11. The quantitative estimate of drug-likeness (QED) is 0.542. The highest BCUT2D eigenvalue weighted by molar-refractivity contribution is 5.79. The standard InChI is InChI=1S/C8H6O2/c9-4-6-2-1-3-8-7(6)5-10-8/h1-4H,5H2. The van der Waals surface area contributed by atoms with Crippen LogP contribution in [0.5, 0.6) is 5.75 Å². The van der Waals surface area contributed by atoms with E-state index in [4.69, 9.17) is 4.74 Å². The molecule has 1 aromatic carbocycles. The molecule has 0 aromatic heterocycles. The molecule has 2 rings (SSSR count). The van der Waals surface area contributed by atoms with Crippen LogP contribution in [0.2, 0.25) is 0 Å². The molecule has 2 heteroatoms. The van der Waals surface area contributed by atoms with E-state index in [0.29, 0.717) is 6.61 Å². The molecule has 1 aliphatic rings. The van der Waals surface area contributed by atoms with Crippen molar-refractivity contribution in [3.05, 3.63) is 29.3 Å². The molecule has 0 N–H and O–H groups in total. The van der Waals surface area contributed by atoms with Gasteiger partial charge in [-0.15, -0.1) is 0 Å². The van der Waals surface area contributed by atoms with Crippen molar-refractivity contribution in [3.8, 4) is 5.75 Å². The first-order chi connectivity index (χ1) is 4.92. The maximum Gasteiger partial charge on any atom is 0.150 e. The van der Waals surface area contributed by atoms with Gasteiger partial charge in [-0.25, -0.2) is 0 Å². The number of aldehydes is 1. The molecule has 0 fully saturated rings. The summed E-state index contributed by atoms with van der Waals surface area (Å²) in [7, 11) is 0. The van der Waals surface area contributed by atoms with Gasteiger partial charge < -0.3 is 4.74 Å². The van der Waals surface area contributed by atoms with E-state index < -0.39 is 0 Å². The number of ether oxygens (including phenoxy) is 1. The molecule has 0 saturated carbocycles. The Balaban J connectivity index is 2.60. The van der Waals surface area contributed by atoms with Gasteiger partial charge in [0.1, 0.15) is 12.4 Å². The molecule has 0 amide bonds. The molecule has 1 heterocycles. The number of rotatable bonds is 1. The summed E-state index contributed by atoms with van der Waals surface area (Å²) in [4.78, 5) is 10.4. The topological polar surface area (TPSA) is 26.3 Å². The van der Waals surface area contributed by atoms with Gasteiger partial charge >= 0.3 is 0 Å². The van der Waals surface area contributed by atoms with Crippen LogP contribution in [0.25, 0.3) is 0 Å². The summed E-state index contributed by atoms with van der Waals surface area (Å²) in [6, 6.07) is 5.49. The highest BCUT2D eigenvalue weighted by atomic mass is 16.5. The van der Waals surface area contributed by atoms with E-state index >= 15 is 0 Å². The van der Waals surface area contributed by atoms with Crippen LogP contribution in [0, 0.1) is 0 Å². The van der Waals surface area contributed by atoms with Gasteiger partial charge in [-0.2, -0.15) is 0 Å². The normalized spacial score (nSPS) is 12.8. The van der Waals surface area contributed by atoms with E-state index in [1.54, 1.807) is 6.07 Å². The fraction of sp³-hybridized carbons (Fsp3) is 0.125. The van der Waals surface area contributed by atoms with Crippen LogP contribution in [0.15, 0.2) is 18.2 Å². The molecule has 0 aliphatic carbocycles. The minimum atomic E-state index is 0.588. The van der Waals surface area contributed by atoms with Gasteiger partial charge in [0.15, 0.2) is 6.29 Å². The first kappa shape index (κ1) is 5.47. The van der Waals surface area contributed by atoms with E-state index in [0.717, 1.165) is 23.2 Å². The van der Waals surface area contributed by atoms with E-state index in [1.165, 1.54) is 0 Å². The number of fused-ring (bicyclic) bond motifs is 1. The number of benzene rings is 1. The average molecular weight is 134 g/mol. The van der Waals surface area contributed by atoms with E-state index in [2.05, 4.69) is 0 Å². The number of carbonyl (C=O) groups is 1. The molecule has 2 nitrogen and oxygen atoms in total. The molecule has 1 aliphatic heterocycles. The molecule has 0 unspecified atom stereocenters. The Hall–Kier alpha value is -1.31. The summed E-state index contributed by atoms with van der Waals surface area (Å²) < 4.78 is 5.06. The predicted octanol–water partition coefficient (Wildman–Crippen LogP) is 1.39. The summed E-state index contributed by atoms with van der Waals surface area (Å²) in [5, 5.41) is 0. The Morgan fingerprint density at radius 1 is 1.50 bits per heavy atom. The van der Waals surface area contributed by atoms with Crippen molar-refractivity contribution in [2.24, 2.45) is 0 Å². The van der Waals surface area contributed by atoms with Gasteiger partial charge in [-0.05, 0) is 6.07 Å². The van der Waals surface area contributed by atoms with Gasteiger partial charge in [0.25, 0.3) is 0 Å². The van der Waals surface area contributed by atoms with Gasteiger partial charge in [0, 0.05) is 11.1 Å². The average Bonchev–Trinajstić information content (AvgIpc) is 1.91. The third kappa shape index (κ3) is 0.559. The number of hydrogen-bond acceptors (Lipinski definition) is 2. The SMILES string of the molecule is O=Cc1cccc2c1CO2. The molecule has 0 spiro atoms. The fourth-order valence-corrected chi connectivity index (χ4v) is 1.05. The van der Waals surface area contributed by atoms with Gasteiger partial charge in [0.2, 0.25) is 0 Å². The van der Waals surface area contributed by atoms with Crippen molar-refractivity contribution in [1.29, 1.82) is 0 Å². The monoisotopic (exact) mass is 134 g/mol. The molecule has 0 bridgehead atoms. The zero-order chi connectivity index (χ0) is 6.97. The van der Waals surface area contributed by atoms with Gasteiger partial charge in [-0.3, -0.25) is 4.79 Å². The van der Waals surface area contributed by atoms with Crippen molar-refractivity contribution in [2.75, 3.05) is 0 Å². The largest absolute Gasteiger partial charge is 0.488 e. The summed E-state index contributed by atoms with van der Waals surface area (Å²) >= 11 is 0. The van der Waals surface area contributed by atoms with E-state index in [-0.39, 0.29) is 0 Å². The zero-order valence-electron chi connectivity index (χ0n) is 5.33. The smallest absolute Gasteiger partial charge is 0.150 e. The highest BCUT2D eigenvalue weighted by Crippen LogP contribution is 2.30. The van der Waals surface area contributed by atoms with Crippen LogP contribution < -0.4 is 4.74 Å². The third-order valence-electron chi connectivity index (χ3n) is 1.67. The Morgan fingerprint density at radius 2 is 2.40 bits per heavy atom. The lowest BCUT2D eigenvalue weighted by Gasteiger charge is -2.20. The number of hydrogen-bond donors (Lipinski definition) is 0. The van der Waals surface area contributed by atoms with Gasteiger partial charge in [-0.1, -0.05) is 12.1 Å². The Labute approximate surface area is 58.4 Å². The van der Waals surface area contributed by atoms with Crippen molar-refractivity contribution in [2.45, 2.75) is 6.61 Å². The first-order valence-electron chi connectivity index (χ1n) is 3.11. The molecule has 0 atom stereocenters. The second-order valence-electron chi connectivity index (χ2n) is 2.23. The highest BCUT2D eigenvalue weighted by Gasteiger charge is 2.16. The van der Waals surface area contributed by atoms with Crippen LogP contribution in [0.3, 0.4) is 0 Å². The molecule has 1 aromatic rings. The summed E-state index contributed by atoms with van der Waals surface area (Å²) in [6.45, 7) is 0.588. The van der Waals surface area contributed by atoms with Crippen LogP contribution in [-0.4, -0.2) is 6.29 Å². The molecule has 10 heavy (non-hydrogen) atoms. The molecular formula is C8H6O2. The summed E-state index contributed by atoms with van der Waals surface area (Å²) in [5.41, 5.74) is 1.79. The van der Waals surface area contributed by atoms with Crippen molar-refractivity contribution in [3.63, 3.8) is 0 Å². The van der Waals surface area contributed by atoms with E-state index in [1.807, 2.05) is 12.1 Å². The van der Waals surface area contributed by atoms with Crippen LogP contribution in [0.4, 0.5) is 0 Å². The summed E-state index contributed by atoms with van der Waals surface area (Å²) in [6.07, 6.45) is 0.862. The molecule has 0 radical (unpaired) electrons. The molecule has 50 valence electrons. The summed E-state index contributed by atoms with van der Waals surface area (Å²) in [5.74, 6) is 0.851. The minimum absolute atomic E-state index is 0.588. The maximum absolute atomic E-state index is 10.4. The Bertz CT molecular complexity index is 279. The maximum atomic E-state index is 10.4. The lowest BCUT2D eigenvalue weighted by atomic mass is 10.1. The van der Waals surface area contributed by atoms with Crippen LogP contribution >= 0.6 is 0 Å². The second kappa shape index (κ2) is 1.84. The van der Waals surface area contributed by atoms with E-state index in [9.17, 15) is 4.79 Å². The fourth-order valence-electron chi connectivity index (χ4n) is 1.05. The number of carbonyl (C=O) groups excluding carboxylic acids is 1. The van der Waals surface area contributed by atoms with Crippen LogP contribution in [-0.2, 0) is 6.61 Å². The Morgan fingerprint density at radius 3 is 2.90 bits per heavy atom. The molecule has 0 saturated heterocycles. The van der Waals surface area contributed by atoms with Gasteiger partial charge in [0.05, 0.1) is 0 Å². The minimum Gasteiger partial charge on any atom is -0.488 e. The second-order valence-corrected chi connectivity index (χ2v) is 2.23. The lowest BCUT2D eigenvalue weighted by molar-refractivity contribution is 0.111. The Kier molecular flexibility index (Phi) is 1.01.